The quantitative estimate of drug-likeness (QED) is 0.918. The van der Waals surface area contributed by atoms with Gasteiger partial charge in [0.25, 0.3) is 0 Å². The number of benzene rings is 2. The van der Waals surface area contributed by atoms with Crippen LogP contribution in [0.2, 0.25) is 0 Å². The van der Waals surface area contributed by atoms with Gasteiger partial charge in [-0.3, -0.25) is 4.79 Å². The fraction of sp³-hybridized carbons (Fsp3) is 0.188. The van der Waals surface area contributed by atoms with Crippen LogP contribution in [0.1, 0.15) is 11.1 Å². The molecule has 2 aromatic rings. The monoisotopic (exact) mass is 303 g/mol. The smallest absolute Gasteiger partial charge is 0.224 e. The zero-order valence-corrected chi connectivity index (χ0v) is 12.6. The van der Waals surface area contributed by atoms with E-state index >= 15 is 0 Å². The summed E-state index contributed by atoms with van der Waals surface area (Å²) in [7, 11) is -3.19. The third-order valence-electron chi connectivity index (χ3n) is 3.05. The molecular weight excluding hydrogens is 286 g/mol. The highest BCUT2D eigenvalue weighted by Crippen LogP contribution is 2.10. The van der Waals surface area contributed by atoms with Gasteiger partial charge in [-0.25, -0.2) is 8.42 Å². The second-order valence-corrected chi connectivity index (χ2v) is 6.87. The Morgan fingerprint density at radius 1 is 0.952 bits per heavy atom. The predicted molar refractivity (Wildman–Crippen MR) is 81.5 cm³/mol. The molecule has 110 valence electrons. The van der Waals surface area contributed by atoms with E-state index in [1.165, 1.54) is 12.1 Å². The van der Waals surface area contributed by atoms with Gasteiger partial charge in [-0.15, -0.1) is 0 Å². The van der Waals surface area contributed by atoms with E-state index in [-0.39, 0.29) is 17.2 Å². The zero-order valence-electron chi connectivity index (χ0n) is 11.7. The van der Waals surface area contributed by atoms with Gasteiger partial charge in [-0.2, -0.15) is 0 Å². The van der Waals surface area contributed by atoms with Crippen molar-refractivity contribution in [2.75, 3.05) is 6.26 Å². The molecule has 0 unspecified atom stereocenters. The highest BCUT2D eigenvalue weighted by Gasteiger charge is 2.08. The summed E-state index contributed by atoms with van der Waals surface area (Å²) >= 11 is 0. The molecule has 4 nitrogen and oxygen atoms in total. The molecule has 0 saturated carbocycles. The standard InChI is InChI=1S/C16H17NO3S/c1-21(19,20)15-9-7-13(8-10-15)11-16(18)17-12-14-5-3-2-4-6-14/h2-10H,11-12H2,1H3,(H,17,18). The van der Waals surface area contributed by atoms with Crippen LogP contribution in [0.4, 0.5) is 0 Å². The van der Waals surface area contributed by atoms with Crippen LogP contribution in [0.15, 0.2) is 59.5 Å². The molecule has 5 heteroatoms. The molecule has 1 amide bonds. The van der Waals surface area contributed by atoms with Gasteiger partial charge in [-0.05, 0) is 23.3 Å². The minimum atomic E-state index is -3.19. The van der Waals surface area contributed by atoms with E-state index in [2.05, 4.69) is 5.32 Å². The lowest BCUT2D eigenvalue weighted by molar-refractivity contribution is -0.120. The molecule has 1 N–H and O–H groups in total. The molecule has 0 saturated heterocycles. The summed E-state index contributed by atoms with van der Waals surface area (Å²) in [4.78, 5) is 12.1. The maximum atomic E-state index is 11.8. The largest absolute Gasteiger partial charge is 0.352 e. The predicted octanol–water partition coefficient (Wildman–Crippen LogP) is 1.95. The van der Waals surface area contributed by atoms with Crippen molar-refractivity contribution in [3.05, 3.63) is 65.7 Å². The van der Waals surface area contributed by atoms with E-state index in [0.717, 1.165) is 17.4 Å². The van der Waals surface area contributed by atoms with E-state index in [1.807, 2.05) is 30.3 Å². The van der Waals surface area contributed by atoms with E-state index in [1.54, 1.807) is 12.1 Å². The Hall–Kier alpha value is -2.14. The van der Waals surface area contributed by atoms with Crippen LogP contribution in [0.25, 0.3) is 0 Å². The van der Waals surface area contributed by atoms with Crippen molar-refractivity contribution in [2.24, 2.45) is 0 Å². The number of carbonyl (C=O) groups excluding carboxylic acids is 1. The number of nitrogens with one attached hydrogen (secondary N) is 1. The van der Waals surface area contributed by atoms with Crippen molar-refractivity contribution in [2.45, 2.75) is 17.9 Å². The molecule has 21 heavy (non-hydrogen) atoms. The van der Waals surface area contributed by atoms with Gasteiger partial charge in [-0.1, -0.05) is 42.5 Å². The maximum Gasteiger partial charge on any atom is 0.224 e. The number of sulfone groups is 1. The molecule has 0 atom stereocenters. The SMILES string of the molecule is CS(=O)(=O)c1ccc(CC(=O)NCc2ccccc2)cc1. The lowest BCUT2D eigenvalue weighted by Crippen LogP contribution is -2.24. The van der Waals surface area contributed by atoms with Crippen LogP contribution in [0.5, 0.6) is 0 Å². The minimum absolute atomic E-state index is 0.0917. The topological polar surface area (TPSA) is 63.2 Å². The van der Waals surface area contributed by atoms with Crippen LogP contribution in [-0.2, 0) is 27.6 Å². The Morgan fingerprint density at radius 2 is 1.57 bits per heavy atom. The number of amides is 1. The minimum Gasteiger partial charge on any atom is -0.352 e. The molecule has 0 heterocycles. The van der Waals surface area contributed by atoms with Crippen molar-refractivity contribution in [3.63, 3.8) is 0 Å². The molecule has 2 rings (SSSR count). The summed E-state index contributed by atoms with van der Waals surface area (Å²) in [6.45, 7) is 0.487. The van der Waals surface area contributed by atoms with Crippen LogP contribution >= 0.6 is 0 Å². The Kier molecular flexibility index (Phi) is 4.75. The van der Waals surface area contributed by atoms with Crippen molar-refractivity contribution in [1.82, 2.24) is 5.32 Å². The summed E-state index contributed by atoms with van der Waals surface area (Å²) in [5.41, 5.74) is 1.83. The van der Waals surface area contributed by atoms with Crippen LogP contribution in [-0.4, -0.2) is 20.6 Å². The van der Waals surface area contributed by atoms with Gasteiger partial charge in [0.1, 0.15) is 0 Å². The third kappa shape index (κ3) is 4.72. The number of rotatable bonds is 5. The molecule has 0 aliphatic rings. The number of hydrogen-bond donors (Lipinski definition) is 1. The fourth-order valence-electron chi connectivity index (χ4n) is 1.90. The third-order valence-corrected chi connectivity index (χ3v) is 4.18. The number of carbonyl (C=O) groups is 1. The van der Waals surface area contributed by atoms with E-state index < -0.39 is 9.84 Å². The first-order valence-electron chi connectivity index (χ1n) is 6.55. The van der Waals surface area contributed by atoms with Gasteiger partial charge in [0.15, 0.2) is 9.84 Å². The van der Waals surface area contributed by atoms with Crippen molar-refractivity contribution in [1.29, 1.82) is 0 Å². The average molecular weight is 303 g/mol. The first-order valence-corrected chi connectivity index (χ1v) is 8.44. The van der Waals surface area contributed by atoms with E-state index in [0.29, 0.717) is 6.54 Å². The first kappa shape index (κ1) is 15.3. The Labute approximate surface area is 124 Å². The van der Waals surface area contributed by atoms with Crippen molar-refractivity contribution < 1.29 is 13.2 Å². The fourth-order valence-corrected chi connectivity index (χ4v) is 2.53. The molecule has 0 aliphatic carbocycles. The molecular formula is C16H17NO3S. The molecule has 0 aliphatic heterocycles. The van der Waals surface area contributed by atoms with Crippen molar-refractivity contribution in [3.8, 4) is 0 Å². The zero-order chi connectivity index (χ0) is 15.3. The Bertz CT molecular complexity index is 707. The lowest BCUT2D eigenvalue weighted by Gasteiger charge is -2.06. The molecule has 0 bridgehead atoms. The Balaban J connectivity index is 1.91. The normalized spacial score (nSPS) is 11.1. The highest BCUT2D eigenvalue weighted by molar-refractivity contribution is 7.90. The van der Waals surface area contributed by atoms with Gasteiger partial charge in [0.05, 0.1) is 11.3 Å². The summed E-state index contributed by atoms with van der Waals surface area (Å²) < 4.78 is 22.7. The molecule has 0 fully saturated rings. The van der Waals surface area contributed by atoms with Gasteiger partial charge < -0.3 is 5.32 Å². The van der Waals surface area contributed by atoms with Crippen LogP contribution < -0.4 is 5.32 Å². The summed E-state index contributed by atoms with van der Waals surface area (Å²) in [6, 6.07) is 16.0. The average Bonchev–Trinajstić information content (AvgIpc) is 2.46. The molecule has 0 aromatic heterocycles. The van der Waals surface area contributed by atoms with Crippen molar-refractivity contribution >= 4 is 15.7 Å². The van der Waals surface area contributed by atoms with Gasteiger partial charge >= 0.3 is 0 Å². The lowest BCUT2D eigenvalue weighted by atomic mass is 10.1. The summed E-state index contributed by atoms with van der Waals surface area (Å²) in [6.07, 6.45) is 1.39. The molecule has 0 spiro atoms. The highest BCUT2D eigenvalue weighted by atomic mass is 32.2. The number of hydrogen-bond acceptors (Lipinski definition) is 3. The summed E-state index contributed by atoms with van der Waals surface area (Å²) in [5, 5.41) is 2.84. The van der Waals surface area contributed by atoms with E-state index in [9.17, 15) is 13.2 Å². The molecule has 0 radical (unpaired) electrons. The first-order chi connectivity index (χ1) is 9.95. The Morgan fingerprint density at radius 3 is 2.14 bits per heavy atom. The van der Waals surface area contributed by atoms with Crippen LogP contribution in [0.3, 0.4) is 0 Å². The molecule has 2 aromatic carbocycles. The van der Waals surface area contributed by atoms with Gasteiger partial charge in [0.2, 0.25) is 5.91 Å². The summed E-state index contributed by atoms with van der Waals surface area (Å²) in [5.74, 6) is -0.0917. The van der Waals surface area contributed by atoms with Gasteiger partial charge in [0, 0.05) is 12.8 Å². The maximum absolute atomic E-state index is 11.8. The second-order valence-electron chi connectivity index (χ2n) is 4.86. The van der Waals surface area contributed by atoms with E-state index in [4.69, 9.17) is 0 Å². The van der Waals surface area contributed by atoms with Crippen LogP contribution in [0, 0.1) is 0 Å². The second kappa shape index (κ2) is 6.54.